The number of pyridine rings is 2. The molecule has 1 N–H and O–H groups in total. The van der Waals surface area contributed by atoms with E-state index in [0.717, 1.165) is 17.0 Å². The third-order valence-corrected chi connectivity index (χ3v) is 3.93. The van der Waals surface area contributed by atoms with E-state index in [4.69, 9.17) is 0 Å². The van der Waals surface area contributed by atoms with Crippen LogP contribution in [0.5, 0.6) is 0 Å². The predicted octanol–water partition coefficient (Wildman–Crippen LogP) is 2.37. The Labute approximate surface area is 133 Å². The third kappa shape index (κ3) is 4.30. The monoisotopic (exact) mass is 312 g/mol. The Balaban J connectivity index is 1.93. The number of carbonyl (C=O) groups is 1. The molecule has 2 heterocycles. The Bertz CT molecular complexity index is 710. The number of nitrogens with one attached hydrogen (secondary N) is 1. The highest BCUT2D eigenvalue weighted by atomic mass is 32.2. The summed E-state index contributed by atoms with van der Waals surface area (Å²) in [7, 11) is 0. The van der Waals surface area contributed by atoms with Gasteiger partial charge in [-0.05, 0) is 37.6 Å². The number of nitriles is 1. The fourth-order valence-electron chi connectivity index (χ4n) is 1.92. The lowest BCUT2D eigenvalue weighted by Gasteiger charge is -2.08. The maximum Gasteiger partial charge on any atom is 0.230 e. The number of carbonyl (C=O) groups excluding carboxylic acids is 1. The van der Waals surface area contributed by atoms with E-state index >= 15 is 0 Å². The van der Waals surface area contributed by atoms with E-state index in [0.29, 0.717) is 17.1 Å². The molecule has 0 aliphatic carbocycles. The molecule has 112 valence electrons. The Hall–Kier alpha value is -2.39. The fourth-order valence-corrected chi connectivity index (χ4v) is 2.85. The summed E-state index contributed by atoms with van der Waals surface area (Å²) < 4.78 is 0. The van der Waals surface area contributed by atoms with Gasteiger partial charge < -0.3 is 5.32 Å². The number of hydrogen-bond acceptors (Lipinski definition) is 5. The minimum absolute atomic E-state index is 0.111. The summed E-state index contributed by atoms with van der Waals surface area (Å²) in [4.78, 5) is 20.4. The molecule has 22 heavy (non-hydrogen) atoms. The molecular formula is C16H16N4OS. The molecular weight excluding hydrogens is 296 g/mol. The van der Waals surface area contributed by atoms with Crippen LogP contribution in [0.15, 0.2) is 35.5 Å². The average molecular weight is 312 g/mol. The van der Waals surface area contributed by atoms with Gasteiger partial charge in [0.2, 0.25) is 5.91 Å². The molecule has 0 atom stereocenters. The van der Waals surface area contributed by atoms with Crippen LogP contribution in [-0.2, 0) is 11.3 Å². The first-order chi connectivity index (χ1) is 10.6. The minimum Gasteiger partial charge on any atom is -0.350 e. The molecule has 0 aliphatic heterocycles. The standard InChI is InChI=1S/C16H16N4OS/c1-11-7-12(2)20-16(14(11)8-17)22-10-15(21)19-9-13-5-3-4-6-18-13/h3-7H,9-10H2,1-2H3,(H,19,21). The van der Waals surface area contributed by atoms with E-state index in [9.17, 15) is 10.1 Å². The molecule has 0 saturated carbocycles. The van der Waals surface area contributed by atoms with Gasteiger partial charge in [-0.1, -0.05) is 17.8 Å². The lowest BCUT2D eigenvalue weighted by atomic mass is 10.1. The summed E-state index contributed by atoms with van der Waals surface area (Å²) in [6.07, 6.45) is 1.69. The number of aromatic nitrogens is 2. The van der Waals surface area contributed by atoms with E-state index in [-0.39, 0.29) is 11.7 Å². The lowest BCUT2D eigenvalue weighted by molar-refractivity contribution is -0.118. The molecule has 0 aromatic carbocycles. The number of hydrogen-bond donors (Lipinski definition) is 1. The van der Waals surface area contributed by atoms with Gasteiger partial charge in [-0.15, -0.1) is 0 Å². The van der Waals surface area contributed by atoms with Crippen molar-refractivity contribution in [3.05, 3.63) is 53.0 Å². The summed E-state index contributed by atoms with van der Waals surface area (Å²) in [5.74, 6) is 0.109. The molecule has 5 nitrogen and oxygen atoms in total. The number of amides is 1. The Morgan fingerprint density at radius 2 is 2.23 bits per heavy atom. The zero-order valence-corrected chi connectivity index (χ0v) is 13.3. The first-order valence-electron chi connectivity index (χ1n) is 6.78. The second-order valence-corrected chi connectivity index (χ2v) is 5.72. The Kier molecular flexibility index (Phi) is 5.50. The maximum absolute atomic E-state index is 11.9. The van der Waals surface area contributed by atoms with E-state index < -0.39 is 0 Å². The van der Waals surface area contributed by atoms with Crippen molar-refractivity contribution in [1.29, 1.82) is 5.26 Å². The second-order valence-electron chi connectivity index (χ2n) is 4.76. The van der Waals surface area contributed by atoms with Crippen LogP contribution in [-0.4, -0.2) is 21.6 Å². The van der Waals surface area contributed by atoms with Crippen LogP contribution in [0.4, 0.5) is 0 Å². The molecule has 0 fully saturated rings. The highest BCUT2D eigenvalue weighted by Crippen LogP contribution is 2.23. The number of nitrogens with zero attached hydrogens (tertiary/aromatic N) is 3. The maximum atomic E-state index is 11.9. The molecule has 2 rings (SSSR count). The quantitative estimate of drug-likeness (QED) is 0.858. The van der Waals surface area contributed by atoms with E-state index in [1.54, 1.807) is 6.20 Å². The molecule has 1 amide bonds. The van der Waals surface area contributed by atoms with Crippen LogP contribution in [0.2, 0.25) is 0 Å². The van der Waals surface area contributed by atoms with Gasteiger partial charge in [-0.25, -0.2) is 4.98 Å². The highest BCUT2D eigenvalue weighted by Gasteiger charge is 2.11. The van der Waals surface area contributed by atoms with Gasteiger partial charge in [0.25, 0.3) is 0 Å². The zero-order valence-electron chi connectivity index (χ0n) is 12.5. The molecule has 0 bridgehead atoms. The summed E-state index contributed by atoms with van der Waals surface area (Å²) in [6, 6.07) is 9.57. The van der Waals surface area contributed by atoms with E-state index in [1.807, 2.05) is 38.1 Å². The highest BCUT2D eigenvalue weighted by molar-refractivity contribution is 8.00. The van der Waals surface area contributed by atoms with Crippen molar-refractivity contribution in [2.75, 3.05) is 5.75 Å². The van der Waals surface area contributed by atoms with Crippen molar-refractivity contribution in [1.82, 2.24) is 15.3 Å². The summed E-state index contributed by atoms with van der Waals surface area (Å²) in [6.45, 7) is 4.14. The normalized spacial score (nSPS) is 10.0. The van der Waals surface area contributed by atoms with Crippen LogP contribution in [0.3, 0.4) is 0 Å². The van der Waals surface area contributed by atoms with Crippen LogP contribution >= 0.6 is 11.8 Å². The first-order valence-corrected chi connectivity index (χ1v) is 7.76. The van der Waals surface area contributed by atoms with Crippen molar-refractivity contribution < 1.29 is 4.79 Å². The van der Waals surface area contributed by atoms with Crippen molar-refractivity contribution in [2.24, 2.45) is 0 Å². The van der Waals surface area contributed by atoms with Gasteiger partial charge in [-0.3, -0.25) is 9.78 Å². The van der Waals surface area contributed by atoms with Crippen LogP contribution in [0.25, 0.3) is 0 Å². The Morgan fingerprint density at radius 3 is 2.91 bits per heavy atom. The minimum atomic E-state index is -0.111. The molecule has 0 saturated heterocycles. The van der Waals surface area contributed by atoms with Gasteiger partial charge in [0.05, 0.1) is 23.6 Å². The van der Waals surface area contributed by atoms with E-state index in [1.165, 1.54) is 11.8 Å². The molecule has 0 aliphatic rings. The van der Waals surface area contributed by atoms with Crippen molar-refractivity contribution in [3.8, 4) is 6.07 Å². The Morgan fingerprint density at radius 1 is 1.41 bits per heavy atom. The topological polar surface area (TPSA) is 78.7 Å². The average Bonchev–Trinajstić information content (AvgIpc) is 2.51. The summed E-state index contributed by atoms with van der Waals surface area (Å²) in [5, 5.41) is 12.6. The lowest BCUT2D eigenvalue weighted by Crippen LogP contribution is -2.25. The van der Waals surface area contributed by atoms with Crippen LogP contribution in [0.1, 0.15) is 22.5 Å². The molecule has 2 aromatic heterocycles. The van der Waals surface area contributed by atoms with Crippen LogP contribution in [0, 0.1) is 25.2 Å². The summed E-state index contributed by atoms with van der Waals surface area (Å²) in [5.41, 5.74) is 3.07. The van der Waals surface area contributed by atoms with Gasteiger partial charge in [0.1, 0.15) is 11.1 Å². The second kappa shape index (κ2) is 7.57. The van der Waals surface area contributed by atoms with Crippen LogP contribution < -0.4 is 5.32 Å². The van der Waals surface area contributed by atoms with Gasteiger partial charge in [0, 0.05) is 11.9 Å². The number of rotatable bonds is 5. The smallest absolute Gasteiger partial charge is 0.230 e. The molecule has 0 radical (unpaired) electrons. The number of thioether (sulfide) groups is 1. The molecule has 0 unspecified atom stereocenters. The number of aryl methyl sites for hydroxylation is 2. The van der Waals surface area contributed by atoms with Gasteiger partial charge >= 0.3 is 0 Å². The third-order valence-electron chi connectivity index (χ3n) is 2.96. The molecule has 2 aromatic rings. The van der Waals surface area contributed by atoms with Crippen molar-refractivity contribution >= 4 is 17.7 Å². The fraction of sp³-hybridized carbons (Fsp3) is 0.250. The molecule has 6 heteroatoms. The predicted molar refractivity (Wildman–Crippen MR) is 85.2 cm³/mol. The van der Waals surface area contributed by atoms with Gasteiger partial charge in [-0.2, -0.15) is 5.26 Å². The summed E-state index contributed by atoms with van der Waals surface area (Å²) >= 11 is 1.28. The van der Waals surface area contributed by atoms with Crippen molar-refractivity contribution in [2.45, 2.75) is 25.4 Å². The van der Waals surface area contributed by atoms with Gasteiger partial charge in [0.15, 0.2) is 0 Å². The zero-order chi connectivity index (χ0) is 15.9. The largest absolute Gasteiger partial charge is 0.350 e. The first kappa shape index (κ1) is 16.0. The SMILES string of the molecule is Cc1cc(C)c(C#N)c(SCC(=O)NCc2ccccn2)n1. The van der Waals surface area contributed by atoms with E-state index in [2.05, 4.69) is 21.4 Å². The molecule has 0 spiro atoms. The van der Waals surface area contributed by atoms with Crippen molar-refractivity contribution in [3.63, 3.8) is 0 Å².